The molecule has 2 N–H and O–H groups in total. The van der Waals surface area contributed by atoms with E-state index in [1.165, 1.54) is 6.92 Å². The van der Waals surface area contributed by atoms with E-state index in [-0.39, 0.29) is 29.0 Å². The first-order valence-electron chi connectivity index (χ1n) is 8.93. The summed E-state index contributed by atoms with van der Waals surface area (Å²) in [5.74, 6) is -2.20. The molecule has 148 valence electrons. The summed E-state index contributed by atoms with van der Waals surface area (Å²) < 4.78 is 0. The Morgan fingerprint density at radius 1 is 1.07 bits per heavy atom. The van der Waals surface area contributed by atoms with Crippen LogP contribution in [0.3, 0.4) is 0 Å². The molecule has 0 aliphatic carbocycles. The van der Waals surface area contributed by atoms with Crippen molar-refractivity contribution in [3.8, 4) is 0 Å². The molecule has 0 saturated heterocycles. The Bertz CT molecular complexity index is 971. The molecule has 2 aromatic rings. The number of carbonyl (C=O) groups is 4. The highest BCUT2D eigenvalue weighted by atomic mass is 32.2. The molecule has 0 bridgehead atoms. The van der Waals surface area contributed by atoms with Crippen molar-refractivity contribution in [2.45, 2.75) is 13.3 Å². The molecule has 2 aromatic carbocycles. The molecule has 0 spiro atoms. The van der Waals surface area contributed by atoms with Crippen LogP contribution in [0.5, 0.6) is 0 Å². The van der Waals surface area contributed by atoms with Gasteiger partial charge in [0.1, 0.15) is 5.92 Å². The number of benzene rings is 2. The van der Waals surface area contributed by atoms with Gasteiger partial charge in [-0.15, -0.1) is 0 Å². The molecule has 0 radical (unpaired) electrons. The first-order chi connectivity index (χ1) is 13.9. The van der Waals surface area contributed by atoms with Crippen LogP contribution in [0.25, 0.3) is 0 Å². The number of aliphatic imine (C=N–C) groups is 1. The molecule has 1 aliphatic rings. The monoisotopic (exact) mass is 409 g/mol. The van der Waals surface area contributed by atoms with Crippen LogP contribution >= 0.6 is 11.8 Å². The van der Waals surface area contributed by atoms with Crippen molar-refractivity contribution in [1.29, 1.82) is 0 Å². The maximum absolute atomic E-state index is 12.3. The van der Waals surface area contributed by atoms with Gasteiger partial charge in [-0.3, -0.25) is 19.2 Å². The quantitative estimate of drug-likeness (QED) is 0.563. The third-order valence-corrected chi connectivity index (χ3v) is 5.13. The minimum atomic E-state index is -0.865. The number of anilines is 1. The summed E-state index contributed by atoms with van der Waals surface area (Å²) in [6, 6.07) is 15.8. The predicted molar refractivity (Wildman–Crippen MR) is 112 cm³/mol. The van der Waals surface area contributed by atoms with E-state index in [1.54, 1.807) is 24.3 Å². The maximum atomic E-state index is 12.3. The number of nitrogens with zero attached hydrogens (tertiary/aromatic N) is 1. The van der Waals surface area contributed by atoms with Crippen molar-refractivity contribution in [2.24, 2.45) is 10.9 Å². The Hall–Kier alpha value is -3.26. The van der Waals surface area contributed by atoms with Gasteiger partial charge in [0.05, 0.1) is 5.75 Å². The van der Waals surface area contributed by atoms with Gasteiger partial charge in [-0.1, -0.05) is 42.1 Å². The molecule has 1 atom stereocenters. The molecule has 8 heteroatoms. The van der Waals surface area contributed by atoms with Gasteiger partial charge in [-0.25, -0.2) is 0 Å². The average molecular weight is 409 g/mol. The predicted octanol–water partition coefficient (Wildman–Crippen LogP) is 2.43. The summed E-state index contributed by atoms with van der Waals surface area (Å²) in [4.78, 5) is 51.8. The molecular formula is C21H19N3O4S. The second-order valence-corrected chi connectivity index (χ2v) is 7.42. The summed E-state index contributed by atoms with van der Waals surface area (Å²) in [5.41, 5.74) is 1.98. The summed E-state index contributed by atoms with van der Waals surface area (Å²) in [6.07, 6.45) is 0.281. The lowest BCUT2D eigenvalue weighted by Crippen LogP contribution is -2.44. The van der Waals surface area contributed by atoms with Gasteiger partial charge in [-0.2, -0.15) is 4.99 Å². The number of Topliss-reactive ketones (excluding diaryl/α,β-unsaturated/α-hetero) is 1. The topological polar surface area (TPSA) is 105 Å². The molecule has 1 unspecified atom stereocenters. The van der Waals surface area contributed by atoms with Gasteiger partial charge >= 0.3 is 0 Å². The second kappa shape index (κ2) is 9.29. The Kier molecular flexibility index (Phi) is 6.56. The van der Waals surface area contributed by atoms with Crippen molar-refractivity contribution in [1.82, 2.24) is 5.32 Å². The number of hydrogen-bond donors (Lipinski definition) is 2. The fourth-order valence-corrected chi connectivity index (χ4v) is 3.40. The number of thioether (sulfide) groups is 1. The second-order valence-electron chi connectivity index (χ2n) is 6.46. The van der Waals surface area contributed by atoms with E-state index in [0.717, 1.165) is 17.3 Å². The van der Waals surface area contributed by atoms with Gasteiger partial charge in [0, 0.05) is 11.3 Å². The maximum Gasteiger partial charge on any atom is 0.261 e. The lowest BCUT2D eigenvalue weighted by Gasteiger charge is -2.19. The minimum absolute atomic E-state index is 0.0236. The lowest BCUT2D eigenvalue weighted by molar-refractivity contribution is -0.133. The van der Waals surface area contributed by atoms with Crippen molar-refractivity contribution in [2.75, 3.05) is 11.1 Å². The van der Waals surface area contributed by atoms with Crippen LogP contribution in [0.2, 0.25) is 0 Å². The van der Waals surface area contributed by atoms with E-state index < -0.39 is 17.7 Å². The number of rotatable bonds is 6. The van der Waals surface area contributed by atoms with E-state index in [9.17, 15) is 19.2 Å². The zero-order chi connectivity index (χ0) is 20.8. The fraction of sp³-hybridized carbons (Fsp3) is 0.190. The molecule has 7 nitrogen and oxygen atoms in total. The lowest BCUT2D eigenvalue weighted by atomic mass is 9.97. The summed E-state index contributed by atoms with van der Waals surface area (Å²) in [7, 11) is 0. The fourth-order valence-electron chi connectivity index (χ4n) is 2.73. The molecule has 1 aliphatic heterocycles. The van der Waals surface area contributed by atoms with Gasteiger partial charge < -0.3 is 10.6 Å². The van der Waals surface area contributed by atoms with Crippen LogP contribution in [-0.2, 0) is 20.8 Å². The third-order valence-electron chi connectivity index (χ3n) is 4.25. The number of ketones is 1. The van der Waals surface area contributed by atoms with Crippen LogP contribution in [0.1, 0.15) is 22.8 Å². The molecule has 1 heterocycles. The van der Waals surface area contributed by atoms with E-state index >= 15 is 0 Å². The van der Waals surface area contributed by atoms with Crippen molar-refractivity contribution in [3.63, 3.8) is 0 Å². The number of amidine groups is 1. The molecule has 29 heavy (non-hydrogen) atoms. The molecule has 0 aromatic heterocycles. The highest BCUT2D eigenvalue weighted by Crippen LogP contribution is 2.17. The first-order valence-corrected chi connectivity index (χ1v) is 9.92. The van der Waals surface area contributed by atoms with E-state index in [4.69, 9.17) is 0 Å². The van der Waals surface area contributed by atoms with Crippen LogP contribution in [0.15, 0.2) is 59.6 Å². The number of nitrogens with one attached hydrogen (secondary N) is 2. The van der Waals surface area contributed by atoms with E-state index in [0.29, 0.717) is 11.3 Å². The van der Waals surface area contributed by atoms with Gasteiger partial charge in [0.15, 0.2) is 11.0 Å². The number of hydrogen-bond acceptors (Lipinski definition) is 5. The van der Waals surface area contributed by atoms with Gasteiger partial charge in [0.25, 0.3) is 5.91 Å². The van der Waals surface area contributed by atoms with Crippen LogP contribution < -0.4 is 10.6 Å². The molecule has 3 rings (SSSR count). The molecular weight excluding hydrogens is 390 g/mol. The summed E-state index contributed by atoms with van der Waals surface area (Å²) in [6.45, 7) is 1.47. The first kappa shape index (κ1) is 20.5. The molecule has 0 saturated carbocycles. The molecule has 3 amide bonds. The van der Waals surface area contributed by atoms with Crippen LogP contribution in [0, 0.1) is 5.92 Å². The van der Waals surface area contributed by atoms with Crippen LogP contribution in [-0.4, -0.2) is 34.4 Å². The van der Waals surface area contributed by atoms with Crippen molar-refractivity contribution < 1.29 is 19.2 Å². The summed E-state index contributed by atoms with van der Waals surface area (Å²) in [5, 5.41) is 5.40. The number of carbonyl (C=O) groups excluding carboxylic acids is 4. The Labute approximate surface area is 172 Å². The van der Waals surface area contributed by atoms with Crippen molar-refractivity contribution in [3.05, 3.63) is 65.7 Å². The SMILES string of the molecule is CC(=O)c1ccc(NC(=O)CSC2=NC(=O)C(Cc3ccccc3)C(=O)N2)cc1. The van der Waals surface area contributed by atoms with Gasteiger partial charge in [-0.05, 0) is 43.2 Å². The smallest absolute Gasteiger partial charge is 0.261 e. The van der Waals surface area contributed by atoms with Crippen LogP contribution in [0.4, 0.5) is 5.69 Å². The largest absolute Gasteiger partial charge is 0.325 e. The normalized spacial score (nSPS) is 16.0. The van der Waals surface area contributed by atoms with Gasteiger partial charge in [0.2, 0.25) is 11.8 Å². The van der Waals surface area contributed by atoms with E-state index in [2.05, 4.69) is 15.6 Å². The Morgan fingerprint density at radius 2 is 1.76 bits per heavy atom. The Balaban J connectivity index is 1.53. The zero-order valence-electron chi connectivity index (χ0n) is 15.7. The highest BCUT2D eigenvalue weighted by molar-refractivity contribution is 8.14. The third kappa shape index (κ3) is 5.61. The average Bonchev–Trinajstić information content (AvgIpc) is 2.70. The zero-order valence-corrected chi connectivity index (χ0v) is 16.5. The Morgan fingerprint density at radius 3 is 2.38 bits per heavy atom. The molecule has 0 fully saturated rings. The summed E-state index contributed by atoms with van der Waals surface area (Å²) >= 11 is 0.980. The standard InChI is InChI=1S/C21H19N3O4S/c1-13(25)15-7-9-16(10-8-15)22-18(26)12-29-21-23-19(27)17(20(28)24-21)11-14-5-3-2-4-6-14/h2-10,17H,11-12H2,1H3,(H,22,26)(H,23,24,27,28). The number of amides is 3. The van der Waals surface area contributed by atoms with E-state index in [1.807, 2.05) is 30.3 Å². The van der Waals surface area contributed by atoms with Crippen molar-refractivity contribution >= 4 is 46.1 Å². The highest BCUT2D eigenvalue weighted by Gasteiger charge is 2.32. The minimum Gasteiger partial charge on any atom is -0.325 e.